The topological polar surface area (TPSA) is 8.17 Å². The van der Waals surface area contributed by atoms with Crippen molar-refractivity contribution in [3.05, 3.63) is 279 Å². The third-order valence-corrected chi connectivity index (χ3v) is 14.0. The smallest absolute Gasteiger partial charge is 0.0541 e. The second-order valence-electron chi connectivity index (χ2n) is 18.1. The third-order valence-electron chi connectivity index (χ3n) is 14.0. The minimum absolute atomic E-state index is 1.08. The molecule has 0 fully saturated rings. The first-order chi connectivity index (χ1) is 34.7. The Morgan fingerprint density at radius 2 is 0.586 bits per heavy atom. The zero-order chi connectivity index (χ0) is 46.4. The lowest BCUT2D eigenvalue weighted by Crippen LogP contribution is -2.09. The Labute approximate surface area is 408 Å². The SMILES string of the molecule is c1cc(-c2ccc(N(c3ccc(-c4cccc(-n5c6ccccc6c6ccccc65)c4)cc3)c3ccc(-c4cccc5ccccc45)cc3)cc2)cc(-c2cccc(-c3cccc4ccccc34)c2)c1. The van der Waals surface area contributed by atoms with E-state index in [-0.39, 0.29) is 0 Å². The van der Waals surface area contributed by atoms with Crippen molar-refractivity contribution < 1.29 is 0 Å². The fourth-order valence-electron chi connectivity index (χ4n) is 10.6. The number of nitrogens with zero attached hydrogens (tertiary/aromatic N) is 2. The summed E-state index contributed by atoms with van der Waals surface area (Å²) in [7, 11) is 0. The van der Waals surface area contributed by atoms with E-state index in [1.807, 2.05) is 0 Å². The van der Waals surface area contributed by atoms with Gasteiger partial charge in [0, 0.05) is 33.5 Å². The molecule has 0 atom stereocenters. The van der Waals surface area contributed by atoms with E-state index in [0.717, 1.165) is 28.3 Å². The lowest BCUT2D eigenvalue weighted by atomic mass is 9.94. The molecule has 328 valence electrons. The average molecular weight is 891 g/mol. The van der Waals surface area contributed by atoms with Crippen molar-refractivity contribution in [1.29, 1.82) is 0 Å². The second kappa shape index (κ2) is 17.4. The summed E-state index contributed by atoms with van der Waals surface area (Å²) >= 11 is 0. The van der Waals surface area contributed by atoms with Gasteiger partial charge in [-0.15, -0.1) is 0 Å². The maximum absolute atomic E-state index is 2.39. The molecule has 0 aliphatic heterocycles. The number of para-hydroxylation sites is 2. The van der Waals surface area contributed by atoms with Crippen LogP contribution >= 0.6 is 0 Å². The highest BCUT2D eigenvalue weighted by Gasteiger charge is 2.17. The molecule has 0 amide bonds. The maximum Gasteiger partial charge on any atom is 0.0541 e. The predicted molar refractivity (Wildman–Crippen MR) is 298 cm³/mol. The first-order valence-electron chi connectivity index (χ1n) is 24.1. The number of rotatable bonds is 9. The first-order valence-corrected chi connectivity index (χ1v) is 24.1. The number of hydrogen-bond acceptors (Lipinski definition) is 1. The van der Waals surface area contributed by atoms with Crippen molar-refractivity contribution >= 4 is 60.4 Å². The molecule has 13 rings (SSSR count). The Morgan fingerprint density at radius 1 is 0.229 bits per heavy atom. The lowest BCUT2D eigenvalue weighted by Gasteiger charge is -2.26. The van der Waals surface area contributed by atoms with Crippen LogP contribution in [-0.2, 0) is 0 Å². The molecule has 0 aliphatic rings. The Bertz CT molecular complexity index is 3980. The lowest BCUT2D eigenvalue weighted by molar-refractivity contribution is 1.18. The minimum atomic E-state index is 1.08. The molecule has 0 saturated heterocycles. The van der Waals surface area contributed by atoms with E-state index in [2.05, 4.69) is 289 Å². The van der Waals surface area contributed by atoms with Crippen LogP contribution in [0.25, 0.3) is 105 Å². The van der Waals surface area contributed by atoms with Crippen LogP contribution < -0.4 is 4.90 Å². The largest absolute Gasteiger partial charge is 0.311 e. The number of fused-ring (bicyclic) bond motifs is 5. The van der Waals surface area contributed by atoms with Gasteiger partial charge in [0.15, 0.2) is 0 Å². The summed E-state index contributed by atoms with van der Waals surface area (Å²) in [5, 5.41) is 7.54. The van der Waals surface area contributed by atoms with Crippen molar-refractivity contribution in [1.82, 2.24) is 4.57 Å². The molecular weight excluding hydrogens is 845 g/mol. The van der Waals surface area contributed by atoms with Crippen LogP contribution in [-0.4, -0.2) is 4.57 Å². The molecular formula is C68H46N2. The predicted octanol–water partition coefficient (Wildman–Crippen LogP) is 18.9. The van der Waals surface area contributed by atoms with Crippen LogP contribution in [0.5, 0.6) is 0 Å². The minimum Gasteiger partial charge on any atom is -0.311 e. The van der Waals surface area contributed by atoms with Crippen molar-refractivity contribution in [3.8, 4) is 61.3 Å². The van der Waals surface area contributed by atoms with Gasteiger partial charge in [-0.1, -0.05) is 206 Å². The van der Waals surface area contributed by atoms with Crippen molar-refractivity contribution in [2.24, 2.45) is 0 Å². The van der Waals surface area contributed by atoms with Crippen molar-refractivity contribution in [2.45, 2.75) is 0 Å². The van der Waals surface area contributed by atoms with Gasteiger partial charge < -0.3 is 9.47 Å². The van der Waals surface area contributed by atoms with Crippen LogP contribution in [0.3, 0.4) is 0 Å². The van der Waals surface area contributed by atoms with Crippen LogP contribution in [0.15, 0.2) is 279 Å². The number of hydrogen-bond donors (Lipinski definition) is 0. The van der Waals surface area contributed by atoms with Crippen LogP contribution in [0.2, 0.25) is 0 Å². The zero-order valence-corrected chi connectivity index (χ0v) is 38.5. The summed E-state index contributed by atoms with van der Waals surface area (Å²) in [6, 6.07) is 102. The number of anilines is 3. The van der Waals surface area contributed by atoms with Crippen molar-refractivity contribution in [2.75, 3.05) is 4.90 Å². The average Bonchev–Trinajstić information content (AvgIpc) is 3.78. The zero-order valence-electron chi connectivity index (χ0n) is 38.5. The van der Waals surface area contributed by atoms with Gasteiger partial charge in [0.05, 0.1) is 11.0 Å². The summed E-state index contributed by atoms with van der Waals surface area (Å²) in [5.74, 6) is 0. The summed E-state index contributed by atoms with van der Waals surface area (Å²) < 4.78 is 2.39. The molecule has 1 heterocycles. The monoisotopic (exact) mass is 890 g/mol. The molecule has 0 unspecified atom stereocenters. The van der Waals surface area contributed by atoms with Gasteiger partial charge in [0.25, 0.3) is 0 Å². The fourth-order valence-corrected chi connectivity index (χ4v) is 10.6. The molecule has 70 heavy (non-hydrogen) atoms. The molecule has 12 aromatic carbocycles. The van der Waals surface area contributed by atoms with Gasteiger partial charge in [-0.25, -0.2) is 0 Å². The molecule has 0 aliphatic carbocycles. The summed E-state index contributed by atoms with van der Waals surface area (Å²) in [6.07, 6.45) is 0. The molecule has 13 aromatic rings. The van der Waals surface area contributed by atoms with E-state index in [0.29, 0.717) is 0 Å². The first kappa shape index (κ1) is 41.0. The van der Waals surface area contributed by atoms with E-state index in [9.17, 15) is 0 Å². The Kier molecular flexibility index (Phi) is 10.2. The highest BCUT2D eigenvalue weighted by atomic mass is 15.1. The van der Waals surface area contributed by atoms with E-state index in [4.69, 9.17) is 0 Å². The molecule has 2 heteroatoms. The standard InChI is InChI=1S/C68H46N2/c1-3-24-61-49(14-1)16-12-28-63(61)51-36-42-59(43-37-51)69(58-40-34-48(35-41-58)55-21-11-23-60(46-55)70-67-30-7-5-26-65(67)66-27-6-8-31-68(66)70)57-38-32-47(33-39-57)52-18-9-19-53(44-52)54-20-10-22-56(45-54)64-29-13-17-50-15-2-4-25-62(50)64/h1-46H. The van der Waals surface area contributed by atoms with E-state index in [1.165, 1.54) is 93.4 Å². The van der Waals surface area contributed by atoms with Gasteiger partial charge in [-0.3, -0.25) is 0 Å². The highest BCUT2D eigenvalue weighted by Crippen LogP contribution is 2.40. The quantitative estimate of drug-likeness (QED) is 0.140. The second-order valence-corrected chi connectivity index (χ2v) is 18.1. The molecule has 0 radical (unpaired) electrons. The van der Waals surface area contributed by atoms with Crippen LogP contribution in [0, 0.1) is 0 Å². The fraction of sp³-hybridized carbons (Fsp3) is 0. The molecule has 0 saturated carbocycles. The van der Waals surface area contributed by atoms with Gasteiger partial charge in [-0.2, -0.15) is 0 Å². The molecule has 0 bridgehead atoms. The van der Waals surface area contributed by atoms with E-state index in [1.54, 1.807) is 0 Å². The summed E-state index contributed by atoms with van der Waals surface area (Å²) in [5.41, 5.74) is 18.8. The summed E-state index contributed by atoms with van der Waals surface area (Å²) in [4.78, 5) is 2.37. The maximum atomic E-state index is 2.39. The number of aromatic nitrogens is 1. The normalized spacial score (nSPS) is 11.4. The van der Waals surface area contributed by atoms with Gasteiger partial charge in [0.2, 0.25) is 0 Å². The van der Waals surface area contributed by atoms with E-state index >= 15 is 0 Å². The van der Waals surface area contributed by atoms with E-state index < -0.39 is 0 Å². The Morgan fingerprint density at radius 3 is 1.11 bits per heavy atom. The van der Waals surface area contributed by atoms with Gasteiger partial charge in [0.1, 0.15) is 0 Å². The highest BCUT2D eigenvalue weighted by molar-refractivity contribution is 6.09. The number of benzene rings is 12. The molecule has 1 aromatic heterocycles. The van der Waals surface area contributed by atoms with Crippen LogP contribution in [0.4, 0.5) is 17.1 Å². The van der Waals surface area contributed by atoms with Gasteiger partial charge >= 0.3 is 0 Å². The third kappa shape index (κ3) is 7.40. The Balaban J connectivity index is 0.848. The van der Waals surface area contributed by atoms with Crippen LogP contribution in [0.1, 0.15) is 0 Å². The van der Waals surface area contributed by atoms with Gasteiger partial charge in [-0.05, 0) is 150 Å². The molecule has 0 spiro atoms. The van der Waals surface area contributed by atoms with Crippen molar-refractivity contribution in [3.63, 3.8) is 0 Å². The Hall–Kier alpha value is -9.24. The summed E-state index contributed by atoms with van der Waals surface area (Å²) in [6.45, 7) is 0. The molecule has 0 N–H and O–H groups in total. The molecule has 2 nitrogen and oxygen atoms in total.